The third-order valence-corrected chi connectivity index (χ3v) is 6.29. The highest BCUT2D eigenvalue weighted by Crippen LogP contribution is 2.36. The number of rotatable bonds is 3. The summed E-state index contributed by atoms with van der Waals surface area (Å²) in [5, 5.41) is 19.3. The summed E-state index contributed by atoms with van der Waals surface area (Å²) in [6.07, 6.45) is 7.59. The summed E-state index contributed by atoms with van der Waals surface area (Å²) in [6, 6.07) is 0.398. The first-order valence-electron chi connectivity index (χ1n) is 9.82. The zero-order valence-corrected chi connectivity index (χ0v) is 16.7. The van der Waals surface area contributed by atoms with E-state index in [0.29, 0.717) is 17.4 Å². The molecule has 0 amide bonds. The van der Waals surface area contributed by atoms with Crippen LogP contribution in [0.15, 0.2) is 12.4 Å². The Bertz CT molecular complexity index is 779. The van der Waals surface area contributed by atoms with E-state index < -0.39 is 0 Å². The second kappa shape index (κ2) is 6.03. The topological polar surface area (TPSA) is 70.6 Å². The highest BCUT2D eigenvalue weighted by Gasteiger charge is 2.35. The fraction of sp³-hybridized carbons (Fsp3) is 0.700. The van der Waals surface area contributed by atoms with Crippen molar-refractivity contribution in [1.82, 2.24) is 20.0 Å². The molecule has 3 N–H and O–H groups in total. The number of hydrogen-bond donors (Lipinski definition) is 3. The van der Waals surface area contributed by atoms with Crippen molar-refractivity contribution in [2.24, 2.45) is 16.7 Å². The molecule has 0 radical (unpaired) electrons. The van der Waals surface area contributed by atoms with E-state index in [-0.39, 0.29) is 5.41 Å². The predicted octanol–water partition coefficient (Wildman–Crippen LogP) is 3.69. The van der Waals surface area contributed by atoms with Crippen LogP contribution >= 0.6 is 0 Å². The molecule has 4 rings (SSSR count). The van der Waals surface area contributed by atoms with Crippen molar-refractivity contribution < 1.29 is 0 Å². The molecule has 6 heteroatoms. The maximum absolute atomic E-state index is 4.84. The van der Waals surface area contributed by atoms with Gasteiger partial charge in [0.05, 0.1) is 0 Å². The Hall–Kier alpha value is -1.98. The van der Waals surface area contributed by atoms with Gasteiger partial charge in [-0.2, -0.15) is 10.2 Å². The SMILES string of the molecule is CC(C)(C)C1CNc2nn(CC(C)(C)C3CCc4c[nH]nc4N3)cc2C1. The molecule has 142 valence electrons. The standard InChI is InChI=1S/C20H32N6/c1-19(2,3)15-8-14-11-26(25-17(14)21-10-15)12-20(4,5)16-7-6-13-9-22-24-18(13)23-16/h9,11,15-16H,6-8,10,12H2,1-5H3,(H,21,25)(H2,22,23,24). The Morgan fingerprint density at radius 1 is 1.15 bits per heavy atom. The van der Waals surface area contributed by atoms with Crippen molar-refractivity contribution in [2.75, 3.05) is 17.2 Å². The summed E-state index contributed by atoms with van der Waals surface area (Å²) in [5.74, 6) is 2.75. The summed E-state index contributed by atoms with van der Waals surface area (Å²) in [6.45, 7) is 13.6. The Labute approximate surface area is 156 Å². The fourth-order valence-electron chi connectivity index (χ4n) is 4.29. The zero-order valence-electron chi connectivity index (χ0n) is 16.7. The maximum atomic E-state index is 4.84. The van der Waals surface area contributed by atoms with E-state index in [1.807, 2.05) is 6.20 Å². The Morgan fingerprint density at radius 3 is 2.73 bits per heavy atom. The maximum Gasteiger partial charge on any atom is 0.151 e. The molecule has 26 heavy (non-hydrogen) atoms. The van der Waals surface area contributed by atoms with Crippen LogP contribution in [0.25, 0.3) is 0 Å². The Morgan fingerprint density at radius 2 is 1.96 bits per heavy atom. The van der Waals surface area contributed by atoms with Gasteiger partial charge in [-0.05, 0) is 30.6 Å². The molecule has 2 aliphatic rings. The lowest BCUT2D eigenvalue weighted by Crippen LogP contribution is -2.41. The average Bonchev–Trinajstić information content (AvgIpc) is 3.17. The molecule has 0 bridgehead atoms. The number of aromatic nitrogens is 4. The molecular weight excluding hydrogens is 324 g/mol. The van der Waals surface area contributed by atoms with Crippen LogP contribution < -0.4 is 10.6 Å². The summed E-state index contributed by atoms with van der Waals surface area (Å²) < 4.78 is 2.14. The van der Waals surface area contributed by atoms with Gasteiger partial charge in [0.1, 0.15) is 0 Å². The average molecular weight is 357 g/mol. The van der Waals surface area contributed by atoms with Crippen molar-refractivity contribution in [2.45, 2.75) is 66.5 Å². The molecule has 0 saturated heterocycles. The Balaban J connectivity index is 1.47. The number of H-pyrrole nitrogens is 1. The van der Waals surface area contributed by atoms with E-state index in [0.717, 1.165) is 44.0 Å². The predicted molar refractivity (Wildman–Crippen MR) is 105 cm³/mol. The van der Waals surface area contributed by atoms with Gasteiger partial charge in [-0.1, -0.05) is 34.6 Å². The lowest BCUT2D eigenvalue weighted by Gasteiger charge is -2.37. The van der Waals surface area contributed by atoms with Gasteiger partial charge >= 0.3 is 0 Å². The summed E-state index contributed by atoms with van der Waals surface area (Å²) in [5.41, 5.74) is 3.07. The molecule has 4 heterocycles. The summed E-state index contributed by atoms with van der Waals surface area (Å²) in [4.78, 5) is 0. The van der Waals surface area contributed by atoms with Crippen molar-refractivity contribution >= 4 is 11.6 Å². The van der Waals surface area contributed by atoms with Gasteiger partial charge in [-0.15, -0.1) is 0 Å². The van der Waals surface area contributed by atoms with Gasteiger partial charge in [0.25, 0.3) is 0 Å². The van der Waals surface area contributed by atoms with Gasteiger partial charge in [0.15, 0.2) is 11.6 Å². The zero-order chi connectivity index (χ0) is 18.5. The van der Waals surface area contributed by atoms with Gasteiger partial charge < -0.3 is 10.6 Å². The molecule has 6 nitrogen and oxygen atoms in total. The molecule has 0 aliphatic carbocycles. The highest BCUT2D eigenvalue weighted by molar-refractivity contribution is 5.47. The molecular formula is C20H32N6. The van der Waals surface area contributed by atoms with Crippen molar-refractivity contribution in [3.8, 4) is 0 Å². The molecule has 0 spiro atoms. The van der Waals surface area contributed by atoms with E-state index in [1.165, 1.54) is 11.1 Å². The Kier molecular flexibility index (Phi) is 4.04. The van der Waals surface area contributed by atoms with Crippen molar-refractivity contribution in [3.05, 3.63) is 23.5 Å². The van der Waals surface area contributed by atoms with Gasteiger partial charge in [-0.25, -0.2) is 0 Å². The molecule has 2 aromatic heterocycles. The number of nitrogens with one attached hydrogen (secondary N) is 3. The molecule has 2 aromatic rings. The van der Waals surface area contributed by atoms with Crippen LogP contribution in [0.4, 0.5) is 11.6 Å². The molecule has 0 aromatic carbocycles. The van der Waals surface area contributed by atoms with Crippen LogP contribution in [0.5, 0.6) is 0 Å². The number of aromatic amines is 1. The lowest BCUT2D eigenvalue weighted by atomic mass is 9.76. The largest absolute Gasteiger partial charge is 0.368 e. The highest BCUT2D eigenvalue weighted by atomic mass is 15.3. The first-order chi connectivity index (χ1) is 12.2. The van der Waals surface area contributed by atoms with E-state index in [4.69, 9.17) is 5.10 Å². The van der Waals surface area contributed by atoms with E-state index >= 15 is 0 Å². The molecule has 0 fully saturated rings. The third kappa shape index (κ3) is 3.21. The number of fused-ring (bicyclic) bond motifs is 2. The summed E-state index contributed by atoms with van der Waals surface area (Å²) >= 11 is 0. The first-order valence-corrected chi connectivity index (χ1v) is 9.82. The first kappa shape index (κ1) is 17.4. The monoisotopic (exact) mass is 356 g/mol. The smallest absolute Gasteiger partial charge is 0.151 e. The minimum absolute atomic E-state index is 0.0919. The number of anilines is 2. The van der Waals surface area contributed by atoms with Crippen molar-refractivity contribution in [3.63, 3.8) is 0 Å². The number of hydrogen-bond acceptors (Lipinski definition) is 4. The van der Waals surface area contributed by atoms with Crippen LogP contribution in [0.1, 0.15) is 52.2 Å². The van der Waals surface area contributed by atoms with Crippen LogP contribution in [-0.4, -0.2) is 32.6 Å². The van der Waals surface area contributed by atoms with E-state index in [9.17, 15) is 0 Å². The summed E-state index contributed by atoms with van der Waals surface area (Å²) in [7, 11) is 0. The van der Waals surface area contributed by atoms with Gasteiger partial charge in [0.2, 0.25) is 0 Å². The van der Waals surface area contributed by atoms with Crippen molar-refractivity contribution in [1.29, 1.82) is 0 Å². The van der Waals surface area contributed by atoms with Crippen LogP contribution in [0, 0.1) is 16.7 Å². The van der Waals surface area contributed by atoms with E-state index in [1.54, 1.807) is 0 Å². The lowest BCUT2D eigenvalue weighted by molar-refractivity contribution is 0.233. The quantitative estimate of drug-likeness (QED) is 0.784. The van der Waals surface area contributed by atoms with Crippen LogP contribution in [-0.2, 0) is 19.4 Å². The van der Waals surface area contributed by atoms with Crippen LogP contribution in [0.2, 0.25) is 0 Å². The van der Waals surface area contributed by atoms with Gasteiger partial charge in [-0.3, -0.25) is 9.78 Å². The number of nitrogens with zero attached hydrogens (tertiary/aromatic N) is 3. The molecule has 2 atom stereocenters. The molecule has 2 aliphatic heterocycles. The fourth-order valence-corrected chi connectivity index (χ4v) is 4.29. The molecule has 2 unspecified atom stereocenters. The van der Waals surface area contributed by atoms with E-state index in [2.05, 4.69) is 66.3 Å². The van der Waals surface area contributed by atoms with Gasteiger partial charge in [0, 0.05) is 48.1 Å². The normalized spacial score (nSPS) is 23.0. The molecule has 0 saturated carbocycles. The second-order valence-corrected chi connectivity index (χ2v) is 9.83. The second-order valence-electron chi connectivity index (χ2n) is 9.83. The third-order valence-electron chi connectivity index (χ3n) is 6.29. The minimum atomic E-state index is 0.0919. The van der Waals surface area contributed by atoms with Crippen LogP contribution in [0.3, 0.4) is 0 Å². The number of aryl methyl sites for hydroxylation is 1. The minimum Gasteiger partial charge on any atom is -0.368 e.